The number of nitrogens with one attached hydrogen (secondary N) is 1. The summed E-state index contributed by atoms with van der Waals surface area (Å²) in [6.07, 6.45) is 6.33. The van der Waals surface area contributed by atoms with E-state index in [4.69, 9.17) is 4.74 Å². The monoisotopic (exact) mass is 201 g/mol. The highest BCUT2D eigenvalue weighted by Gasteiger charge is 2.02. The molecule has 0 fully saturated rings. The minimum absolute atomic E-state index is 0.547. The second-order valence-corrected chi connectivity index (χ2v) is 3.80. The highest BCUT2D eigenvalue weighted by molar-refractivity contribution is 4.61. The third-order valence-electron chi connectivity index (χ3n) is 2.45. The molecule has 0 aromatic carbocycles. The van der Waals surface area contributed by atoms with Gasteiger partial charge >= 0.3 is 0 Å². The van der Waals surface area contributed by atoms with Crippen LogP contribution in [-0.4, -0.2) is 25.8 Å². The Bertz CT molecular complexity index is 106. The Balaban J connectivity index is 3.15. The molecule has 14 heavy (non-hydrogen) atoms. The van der Waals surface area contributed by atoms with Crippen LogP contribution in [0.2, 0.25) is 0 Å². The Labute approximate surface area is 89.4 Å². The maximum absolute atomic E-state index is 5.62. The lowest BCUT2D eigenvalue weighted by atomic mass is 10.2. The van der Waals surface area contributed by atoms with E-state index >= 15 is 0 Å². The van der Waals surface area contributed by atoms with Crippen LogP contribution < -0.4 is 5.32 Å². The van der Waals surface area contributed by atoms with Crippen molar-refractivity contribution < 1.29 is 4.74 Å². The quantitative estimate of drug-likeness (QED) is 0.549. The van der Waals surface area contributed by atoms with Crippen molar-refractivity contribution in [2.24, 2.45) is 0 Å². The van der Waals surface area contributed by atoms with Crippen LogP contribution in [-0.2, 0) is 4.74 Å². The zero-order chi connectivity index (χ0) is 10.6. The van der Waals surface area contributed by atoms with Gasteiger partial charge in [0.15, 0.2) is 0 Å². The normalized spacial score (nSPS) is 13.1. The van der Waals surface area contributed by atoms with E-state index in [1.165, 1.54) is 25.7 Å². The minimum Gasteiger partial charge on any atom is -0.380 e. The van der Waals surface area contributed by atoms with Gasteiger partial charge in [0.2, 0.25) is 0 Å². The molecule has 1 N–H and O–H groups in total. The van der Waals surface area contributed by atoms with Gasteiger partial charge in [0.25, 0.3) is 0 Å². The molecule has 0 spiro atoms. The van der Waals surface area contributed by atoms with E-state index in [0.29, 0.717) is 6.04 Å². The fourth-order valence-corrected chi connectivity index (χ4v) is 1.47. The first kappa shape index (κ1) is 13.9. The molecule has 0 heterocycles. The van der Waals surface area contributed by atoms with Crippen molar-refractivity contribution in [3.63, 3.8) is 0 Å². The topological polar surface area (TPSA) is 21.3 Å². The lowest BCUT2D eigenvalue weighted by Gasteiger charge is -2.15. The zero-order valence-electron chi connectivity index (χ0n) is 10.1. The standard InChI is InChI=1S/C12H27NO/c1-4-7-8-9-10-14-11-12(5-2)13-6-3/h12-13H,4-11H2,1-3H3. The van der Waals surface area contributed by atoms with Crippen LogP contribution in [0.5, 0.6) is 0 Å². The number of hydrogen-bond donors (Lipinski definition) is 1. The van der Waals surface area contributed by atoms with Crippen molar-refractivity contribution in [3.8, 4) is 0 Å². The smallest absolute Gasteiger partial charge is 0.0619 e. The molecular weight excluding hydrogens is 174 g/mol. The molecule has 0 aromatic heterocycles. The number of unbranched alkanes of at least 4 members (excludes halogenated alkanes) is 3. The Morgan fingerprint density at radius 1 is 1.07 bits per heavy atom. The van der Waals surface area contributed by atoms with Gasteiger partial charge in [-0.15, -0.1) is 0 Å². The van der Waals surface area contributed by atoms with Gasteiger partial charge < -0.3 is 10.1 Å². The molecule has 0 saturated heterocycles. The summed E-state index contributed by atoms with van der Waals surface area (Å²) in [6.45, 7) is 9.42. The van der Waals surface area contributed by atoms with E-state index < -0.39 is 0 Å². The summed E-state index contributed by atoms with van der Waals surface area (Å²) in [6, 6.07) is 0.547. The Morgan fingerprint density at radius 3 is 2.43 bits per heavy atom. The number of ether oxygens (including phenoxy) is 1. The summed E-state index contributed by atoms with van der Waals surface area (Å²) in [5.41, 5.74) is 0. The molecule has 1 unspecified atom stereocenters. The molecule has 1 atom stereocenters. The van der Waals surface area contributed by atoms with Gasteiger partial charge in [0.1, 0.15) is 0 Å². The van der Waals surface area contributed by atoms with E-state index in [1.54, 1.807) is 0 Å². The van der Waals surface area contributed by atoms with Crippen molar-refractivity contribution in [2.75, 3.05) is 19.8 Å². The third-order valence-corrected chi connectivity index (χ3v) is 2.45. The van der Waals surface area contributed by atoms with E-state index in [9.17, 15) is 0 Å². The largest absolute Gasteiger partial charge is 0.380 e. The molecule has 0 aliphatic rings. The van der Waals surface area contributed by atoms with Crippen LogP contribution in [0.3, 0.4) is 0 Å². The number of likely N-dealkylation sites (N-methyl/N-ethyl adjacent to an activating group) is 1. The lowest BCUT2D eigenvalue weighted by Crippen LogP contribution is -2.32. The summed E-state index contributed by atoms with van der Waals surface area (Å²) in [5.74, 6) is 0. The van der Waals surface area contributed by atoms with Gasteiger partial charge in [-0.3, -0.25) is 0 Å². The zero-order valence-corrected chi connectivity index (χ0v) is 10.1. The van der Waals surface area contributed by atoms with Gasteiger partial charge in [0, 0.05) is 12.6 Å². The molecule has 0 aliphatic heterocycles. The molecule has 0 aliphatic carbocycles. The van der Waals surface area contributed by atoms with Crippen LogP contribution >= 0.6 is 0 Å². The molecule has 0 bridgehead atoms. The molecule has 2 heteroatoms. The van der Waals surface area contributed by atoms with E-state index in [2.05, 4.69) is 26.1 Å². The van der Waals surface area contributed by atoms with Crippen molar-refractivity contribution in [1.82, 2.24) is 5.32 Å². The maximum Gasteiger partial charge on any atom is 0.0619 e. The first-order chi connectivity index (χ1) is 6.85. The second kappa shape index (κ2) is 11.0. The SMILES string of the molecule is CCCCCCOCC(CC)NCC. The van der Waals surface area contributed by atoms with Gasteiger partial charge in [-0.25, -0.2) is 0 Å². The van der Waals surface area contributed by atoms with Crippen molar-refractivity contribution in [2.45, 2.75) is 58.9 Å². The van der Waals surface area contributed by atoms with Crippen molar-refractivity contribution in [3.05, 3.63) is 0 Å². The molecule has 86 valence electrons. The highest BCUT2D eigenvalue weighted by atomic mass is 16.5. The predicted octanol–water partition coefficient (Wildman–Crippen LogP) is 2.97. The first-order valence-electron chi connectivity index (χ1n) is 6.16. The average Bonchev–Trinajstić information content (AvgIpc) is 2.21. The molecule has 0 saturated carbocycles. The molecule has 2 nitrogen and oxygen atoms in total. The summed E-state index contributed by atoms with van der Waals surface area (Å²) in [4.78, 5) is 0. The fourth-order valence-electron chi connectivity index (χ4n) is 1.47. The molecule has 0 radical (unpaired) electrons. The summed E-state index contributed by atoms with van der Waals surface area (Å²) in [5, 5.41) is 3.41. The van der Waals surface area contributed by atoms with Crippen molar-refractivity contribution in [1.29, 1.82) is 0 Å². The Morgan fingerprint density at radius 2 is 1.86 bits per heavy atom. The van der Waals surface area contributed by atoms with Gasteiger partial charge in [-0.1, -0.05) is 40.0 Å². The third kappa shape index (κ3) is 8.52. The van der Waals surface area contributed by atoms with Gasteiger partial charge in [0.05, 0.1) is 6.61 Å². The first-order valence-corrected chi connectivity index (χ1v) is 6.16. The average molecular weight is 201 g/mol. The van der Waals surface area contributed by atoms with Gasteiger partial charge in [-0.05, 0) is 19.4 Å². The Kier molecular flexibility index (Phi) is 10.9. The van der Waals surface area contributed by atoms with Crippen LogP contribution in [0, 0.1) is 0 Å². The predicted molar refractivity (Wildman–Crippen MR) is 62.7 cm³/mol. The summed E-state index contributed by atoms with van der Waals surface area (Å²) < 4.78 is 5.62. The molecular formula is C12H27NO. The highest BCUT2D eigenvalue weighted by Crippen LogP contribution is 2.00. The molecule has 0 aromatic rings. The fraction of sp³-hybridized carbons (Fsp3) is 1.00. The van der Waals surface area contributed by atoms with E-state index in [1.807, 2.05) is 0 Å². The van der Waals surface area contributed by atoms with Crippen LogP contribution in [0.4, 0.5) is 0 Å². The maximum atomic E-state index is 5.62. The lowest BCUT2D eigenvalue weighted by molar-refractivity contribution is 0.107. The molecule has 0 amide bonds. The van der Waals surface area contributed by atoms with Crippen molar-refractivity contribution >= 4 is 0 Å². The summed E-state index contributed by atoms with van der Waals surface area (Å²) >= 11 is 0. The van der Waals surface area contributed by atoms with Crippen LogP contribution in [0.15, 0.2) is 0 Å². The second-order valence-electron chi connectivity index (χ2n) is 3.80. The minimum atomic E-state index is 0.547. The van der Waals surface area contributed by atoms with E-state index in [0.717, 1.165) is 26.2 Å². The van der Waals surface area contributed by atoms with Crippen LogP contribution in [0.25, 0.3) is 0 Å². The van der Waals surface area contributed by atoms with Crippen LogP contribution in [0.1, 0.15) is 52.9 Å². The number of rotatable bonds is 10. The van der Waals surface area contributed by atoms with Gasteiger partial charge in [-0.2, -0.15) is 0 Å². The van der Waals surface area contributed by atoms with E-state index in [-0.39, 0.29) is 0 Å². The molecule has 0 rings (SSSR count). The number of hydrogen-bond acceptors (Lipinski definition) is 2. The Hall–Kier alpha value is -0.0800. The summed E-state index contributed by atoms with van der Waals surface area (Å²) in [7, 11) is 0.